The number of nitrogens with zero attached hydrogens (tertiary/aromatic N) is 4. The molecule has 0 saturated heterocycles. The van der Waals surface area contributed by atoms with E-state index < -0.39 is 17.2 Å². The Balaban J connectivity index is 2.79. The van der Waals surface area contributed by atoms with Crippen LogP contribution in [0.1, 0.15) is 0 Å². The Morgan fingerprint density at radius 3 is 2.62 bits per heavy atom. The molecule has 2 heterocycles. The van der Waals surface area contributed by atoms with Crippen LogP contribution in [0.2, 0.25) is 0 Å². The van der Waals surface area contributed by atoms with Gasteiger partial charge in [0, 0.05) is 20.6 Å². The van der Waals surface area contributed by atoms with E-state index >= 15 is 0 Å². The van der Waals surface area contributed by atoms with E-state index in [9.17, 15) is 14.4 Å². The SMILES string of the molecule is C=CCn1c(SCC(N)=O)nc2c1c(=O)n(C)c(=O)n2C. The Labute approximate surface area is 123 Å². The molecule has 2 aromatic rings. The van der Waals surface area contributed by atoms with Crippen molar-refractivity contribution in [1.29, 1.82) is 0 Å². The molecular weight excluding hydrogens is 294 g/mol. The van der Waals surface area contributed by atoms with E-state index in [1.807, 2.05) is 0 Å². The van der Waals surface area contributed by atoms with Crippen LogP contribution in [0.5, 0.6) is 0 Å². The van der Waals surface area contributed by atoms with E-state index in [0.29, 0.717) is 17.2 Å². The Morgan fingerprint density at radius 2 is 2.05 bits per heavy atom. The molecule has 0 radical (unpaired) electrons. The van der Waals surface area contributed by atoms with Gasteiger partial charge in [-0.25, -0.2) is 9.78 Å². The molecule has 0 spiro atoms. The maximum atomic E-state index is 12.3. The van der Waals surface area contributed by atoms with Crippen molar-refractivity contribution < 1.29 is 4.79 Å². The summed E-state index contributed by atoms with van der Waals surface area (Å²) in [6.45, 7) is 3.98. The number of carbonyl (C=O) groups excluding carboxylic acids is 1. The molecule has 0 fully saturated rings. The zero-order valence-electron chi connectivity index (χ0n) is 11.7. The summed E-state index contributed by atoms with van der Waals surface area (Å²) in [5.74, 6) is -0.451. The number of rotatable bonds is 5. The summed E-state index contributed by atoms with van der Waals surface area (Å²) >= 11 is 1.12. The third-order valence-electron chi connectivity index (χ3n) is 2.97. The zero-order chi connectivity index (χ0) is 15.7. The molecule has 0 bridgehead atoms. The van der Waals surface area contributed by atoms with Crippen molar-refractivity contribution in [3.63, 3.8) is 0 Å². The molecule has 9 heteroatoms. The number of amides is 1. The number of aryl methyl sites for hydroxylation is 1. The van der Waals surface area contributed by atoms with Gasteiger partial charge in [0.2, 0.25) is 5.91 Å². The van der Waals surface area contributed by atoms with Crippen molar-refractivity contribution in [1.82, 2.24) is 18.7 Å². The fraction of sp³-hybridized carbons (Fsp3) is 0.333. The fourth-order valence-electron chi connectivity index (χ4n) is 1.97. The van der Waals surface area contributed by atoms with Gasteiger partial charge in [0.1, 0.15) is 0 Å². The third-order valence-corrected chi connectivity index (χ3v) is 3.97. The van der Waals surface area contributed by atoms with Crippen LogP contribution in [0.4, 0.5) is 0 Å². The number of nitrogens with two attached hydrogens (primary N) is 1. The molecule has 2 aromatic heterocycles. The van der Waals surface area contributed by atoms with Crippen LogP contribution in [0, 0.1) is 0 Å². The highest BCUT2D eigenvalue weighted by Gasteiger charge is 2.18. The largest absolute Gasteiger partial charge is 0.369 e. The van der Waals surface area contributed by atoms with Crippen molar-refractivity contribution in [2.45, 2.75) is 11.7 Å². The standard InChI is InChI=1S/C12H15N5O3S/c1-4-5-17-8-9(14-11(17)21-6-7(13)18)15(2)12(20)16(3)10(8)19/h4H,1,5-6H2,2-3H3,(H2,13,18). The maximum Gasteiger partial charge on any atom is 0.332 e. The van der Waals surface area contributed by atoms with E-state index in [0.717, 1.165) is 16.3 Å². The number of fused-ring (bicyclic) bond motifs is 1. The first-order valence-corrected chi connectivity index (χ1v) is 7.05. The topological polar surface area (TPSA) is 105 Å². The van der Waals surface area contributed by atoms with Crippen LogP contribution in [0.15, 0.2) is 27.4 Å². The van der Waals surface area contributed by atoms with Crippen LogP contribution in [-0.4, -0.2) is 30.3 Å². The number of aromatic nitrogens is 4. The van der Waals surface area contributed by atoms with Gasteiger partial charge in [-0.3, -0.25) is 18.7 Å². The quantitative estimate of drug-likeness (QED) is 0.575. The highest BCUT2D eigenvalue weighted by Crippen LogP contribution is 2.21. The molecule has 0 atom stereocenters. The Hall–Kier alpha value is -2.29. The van der Waals surface area contributed by atoms with Crippen LogP contribution in [0.25, 0.3) is 11.2 Å². The summed E-state index contributed by atoms with van der Waals surface area (Å²) in [6.07, 6.45) is 1.61. The van der Waals surface area contributed by atoms with Crippen molar-refractivity contribution in [3.8, 4) is 0 Å². The predicted molar refractivity (Wildman–Crippen MR) is 80.3 cm³/mol. The average Bonchev–Trinajstić information content (AvgIpc) is 2.80. The van der Waals surface area contributed by atoms with Crippen LogP contribution in [0.3, 0.4) is 0 Å². The molecule has 1 amide bonds. The second kappa shape index (κ2) is 5.60. The molecule has 2 rings (SSSR count). The van der Waals surface area contributed by atoms with E-state index in [1.165, 1.54) is 18.7 Å². The minimum absolute atomic E-state index is 0.0364. The smallest absolute Gasteiger partial charge is 0.332 e. The van der Waals surface area contributed by atoms with Crippen molar-refractivity contribution >= 4 is 28.8 Å². The van der Waals surface area contributed by atoms with Gasteiger partial charge in [-0.15, -0.1) is 6.58 Å². The highest BCUT2D eigenvalue weighted by atomic mass is 32.2. The van der Waals surface area contributed by atoms with Gasteiger partial charge in [0.05, 0.1) is 5.75 Å². The lowest BCUT2D eigenvalue weighted by molar-refractivity contribution is -0.115. The van der Waals surface area contributed by atoms with Crippen molar-refractivity contribution in [3.05, 3.63) is 33.5 Å². The molecule has 0 aliphatic carbocycles. The first-order valence-electron chi connectivity index (χ1n) is 6.06. The minimum atomic E-state index is -0.487. The molecule has 8 nitrogen and oxygen atoms in total. The average molecular weight is 309 g/mol. The van der Waals surface area contributed by atoms with Crippen LogP contribution >= 0.6 is 11.8 Å². The number of carbonyl (C=O) groups is 1. The molecule has 0 aromatic carbocycles. The fourth-order valence-corrected chi connectivity index (χ4v) is 2.71. The van der Waals surface area contributed by atoms with Crippen LogP contribution in [-0.2, 0) is 25.4 Å². The van der Waals surface area contributed by atoms with Crippen molar-refractivity contribution in [2.24, 2.45) is 19.8 Å². The Kier molecular flexibility index (Phi) is 4.03. The molecule has 0 aliphatic rings. The van der Waals surface area contributed by atoms with Gasteiger partial charge in [0.25, 0.3) is 5.56 Å². The summed E-state index contributed by atoms with van der Waals surface area (Å²) in [6, 6.07) is 0. The summed E-state index contributed by atoms with van der Waals surface area (Å²) in [7, 11) is 2.95. The summed E-state index contributed by atoms with van der Waals surface area (Å²) in [5.41, 5.74) is 4.81. The second-order valence-corrected chi connectivity index (χ2v) is 5.37. The lowest BCUT2D eigenvalue weighted by Gasteiger charge is -2.06. The van der Waals surface area contributed by atoms with Crippen LogP contribution < -0.4 is 17.0 Å². The Morgan fingerprint density at radius 1 is 1.38 bits per heavy atom. The van der Waals surface area contributed by atoms with Gasteiger partial charge >= 0.3 is 5.69 Å². The lowest BCUT2D eigenvalue weighted by Crippen LogP contribution is -2.37. The number of primary amides is 1. The molecule has 112 valence electrons. The first-order chi connectivity index (χ1) is 9.88. The van der Waals surface area contributed by atoms with Crippen molar-refractivity contribution in [2.75, 3.05) is 5.75 Å². The number of hydrogen-bond donors (Lipinski definition) is 1. The molecule has 0 unspecified atom stereocenters. The third kappa shape index (κ3) is 2.51. The monoisotopic (exact) mass is 309 g/mol. The number of hydrogen-bond acceptors (Lipinski definition) is 5. The Bertz CT molecular complexity index is 845. The van der Waals surface area contributed by atoms with Gasteiger partial charge < -0.3 is 10.3 Å². The first kappa shape index (κ1) is 15.1. The normalized spacial score (nSPS) is 11.0. The summed E-state index contributed by atoms with van der Waals surface area (Å²) in [5, 5.41) is 0.446. The second-order valence-electron chi connectivity index (χ2n) is 4.43. The van der Waals surface area contributed by atoms with Gasteiger partial charge in [0.15, 0.2) is 16.3 Å². The molecule has 21 heavy (non-hydrogen) atoms. The van der Waals surface area contributed by atoms with Gasteiger partial charge in [-0.05, 0) is 0 Å². The molecule has 0 aliphatic heterocycles. The maximum absolute atomic E-state index is 12.3. The molecule has 2 N–H and O–H groups in total. The van der Waals surface area contributed by atoms with E-state index in [-0.39, 0.29) is 11.4 Å². The van der Waals surface area contributed by atoms with E-state index in [4.69, 9.17) is 5.73 Å². The van der Waals surface area contributed by atoms with Gasteiger partial charge in [-0.2, -0.15) is 0 Å². The predicted octanol–water partition coefficient (Wildman–Crippen LogP) is -0.803. The van der Waals surface area contributed by atoms with E-state index in [2.05, 4.69) is 11.6 Å². The number of thioether (sulfide) groups is 1. The number of allylic oxidation sites excluding steroid dienone is 1. The molecular formula is C12H15N5O3S. The number of imidazole rings is 1. The zero-order valence-corrected chi connectivity index (χ0v) is 12.5. The van der Waals surface area contributed by atoms with Gasteiger partial charge in [-0.1, -0.05) is 17.8 Å². The summed E-state index contributed by atoms with van der Waals surface area (Å²) < 4.78 is 3.94. The summed E-state index contributed by atoms with van der Waals surface area (Å²) in [4.78, 5) is 39.4. The highest BCUT2D eigenvalue weighted by molar-refractivity contribution is 7.99. The van der Waals surface area contributed by atoms with E-state index in [1.54, 1.807) is 10.6 Å². The molecule has 0 saturated carbocycles. The lowest BCUT2D eigenvalue weighted by atomic mass is 10.5. The minimum Gasteiger partial charge on any atom is -0.369 e.